The molecule has 1 aromatic rings. The number of hydrogen-bond donors (Lipinski definition) is 0. The van der Waals surface area contributed by atoms with Gasteiger partial charge in [0, 0.05) is 29.8 Å². The van der Waals surface area contributed by atoms with Gasteiger partial charge in [0.1, 0.15) is 0 Å². The first kappa shape index (κ1) is 14.8. The predicted octanol–water partition coefficient (Wildman–Crippen LogP) is 3.22. The van der Waals surface area contributed by atoms with Gasteiger partial charge in [-0.1, -0.05) is 35.4 Å². The highest BCUT2D eigenvalue weighted by Crippen LogP contribution is 2.17. The monoisotopic (exact) mass is 290 g/mol. The third kappa shape index (κ3) is 4.47. The molecule has 0 atom stereocenters. The van der Waals surface area contributed by atoms with Crippen molar-refractivity contribution in [2.45, 2.75) is 24.6 Å². The molecular weight excluding hydrogens is 272 g/mol. The SMILES string of the molecule is [N-]=[N+]=NC1CCN(C(=O)CSCc2ccccc2)CC1. The summed E-state index contributed by atoms with van der Waals surface area (Å²) >= 11 is 1.65. The van der Waals surface area contributed by atoms with Gasteiger partial charge >= 0.3 is 0 Å². The van der Waals surface area contributed by atoms with Gasteiger partial charge in [-0.2, -0.15) is 0 Å². The van der Waals surface area contributed by atoms with Gasteiger partial charge in [-0.25, -0.2) is 0 Å². The van der Waals surface area contributed by atoms with Crippen molar-refractivity contribution in [1.82, 2.24) is 4.90 Å². The number of carbonyl (C=O) groups excluding carboxylic acids is 1. The number of benzene rings is 1. The van der Waals surface area contributed by atoms with Crippen LogP contribution in [0, 0.1) is 0 Å². The number of nitrogens with zero attached hydrogens (tertiary/aromatic N) is 4. The van der Waals surface area contributed by atoms with Crippen molar-refractivity contribution in [3.05, 3.63) is 46.3 Å². The summed E-state index contributed by atoms with van der Waals surface area (Å²) in [5, 5.41) is 3.72. The molecule has 5 nitrogen and oxygen atoms in total. The van der Waals surface area contributed by atoms with Crippen molar-refractivity contribution in [1.29, 1.82) is 0 Å². The molecule has 1 heterocycles. The molecular formula is C14H18N4OS. The quantitative estimate of drug-likeness (QED) is 0.474. The number of rotatable bonds is 5. The summed E-state index contributed by atoms with van der Waals surface area (Å²) < 4.78 is 0. The van der Waals surface area contributed by atoms with E-state index in [0.29, 0.717) is 18.8 Å². The summed E-state index contributed by atoms with van der Waals surface area (Å²) in [4.78, 5) is 16.8. The van der Waals surface area contributed by atoms with Crippen molar-refractivity contribution in [2.24, 2.45) is 5.11 Å². The Morgan fingerprint density at radius 2 is 2.05 bits per heavy atom. The summed E-state index contributed by atoms with van der Waals surface area (Å²) in [5.74, 6) is 1.56. The van der Waals surface area contributed by atoms with E-state index >= 15 is 0 Å². The molecule has 1 fully saturated rings. The van der Waals surface area contributed by atoms with Gasteiger partial charge < -0.3 is 4.90 Å². The Morgan fingerprint density at radius 3 is 2.70 bits per heavy atom. The van der Waals surface area contributed by atoms with Crippen LogP contribution in [0.1, 0.15) is 18.4 Å². The summed E-state index contributed by atoms with van der Waals surface area (Å²) in [6, 6.07) is 10.2. The zero-order chi connectivity index (χ0) is 14.2. The maximum absolute atomic E-state index is 12.1. The van der Waals surface area contributed by atoms with Crippen LogP contribution in [0.3, 0.4) is 0 Å². The molecule has 106 valence electrons. The molecule has 1 aromatic carbocycles. The average molecular weight is 290 g/mol. The molecule has 0 N–H and O–H groups in total. The van der Waals surface area contributed by atoms with Gasteiger partial charge in [0.05, 0.1) is 5.75 Å². The van der Waals surface area contributed by atoms with Crippen molar-refractivity contribution in [3.8, 4) is 0 Å². The van der Waals surface area contributed by atoms with Crippen LogP contribution < -0.4 is 0 Å². The van der Waals surface area contributed by atoms with Crippen LogP contribution >= 0.6 is 11.8 Å². The van der Waals surface area contributed by atoms with Gasteiger partial charge in [0.25, 0.3) is 0 Å². The van der Waals surface area contributed by atoms with E-state index in [4.69, 9.17) is 5.53 Å². The Kier molecular flexibility index (Phi) is 5.77. The van der Waals surface area contributed by atoms with Crippen LogP contribution in [0.15, 0.2) is 35.4 Å². The first-order valence-electron chi connectivity index (χ1n) is 6.73. The number of piperidine rings is 1. The fourth-order valence-electron chi connectivity index (χ4n) is 2.23. The van der Waals surface area contributed by atoms with Crippen LogP contribution in [-0.4, -0.2) is 35.7 Å². The standard InChI is InChI=1S/C14H18N4OS/c15-17-16-13-6-8-18(9-7-13)14(19)11-20-10-12-4-2-1-3-5-12/h1-5,13H,6-11H2. The Labute approximate surface area is 123 Å². The maximum Gasteiger partial charge on any atom is 0.232 e. The van der Waals surface area contributed by atoms with Crippen molar-refractivity contribution < 1.29 is 4.79 Å². The molecule has 1 saturated heterocycles. The van der Waals surface area contributed by atoms with E-state index in [-0.39, 0.29) is 11.9 Å². The summed E-state index contributed by atoms with van der Waals surface area (Å²) in [6.45, 7) is 1.41. The van der Waals surface area contributed by atoms with Gasteiger partial charge in [-0.3, -0.25) is 4.79 Å². The number of hydrogen-bond acceptors (Lipinski definition) is 3. The molecule has 0 saturated carbocycles. The molecule has 0 unspecified atom stereocenters. The van der Waals surface area contributed by atoms with E-state index < -0.39 is 0 Å². The van der Waals surface area contributed by atoms with Crippen LogP contribution in [0.25, 0.3) is 10.4 Å². The van der Waals surface area contributed by atoms with Gasteiger partial charge in [0.2, 0.25) is 5.91 Å². The number of thioether (sulfide) groups is 1. The number of carbonyl (C=O) groups is 1. The minimum absolute atomic E-state index is 0.0565. The number of azide groups is 1. The van der Waals surface area contributed by atoms with Crippen LogP contribution in [0.2, 0.25) is 0 Å². The first-order valence-corrected chi connectivity index (χ1v) is 7.88. The first-order chi connectivity index (χ1) is 9.79. The van der Waals surface area contributed by atoms with Gasteiger partial charge in [-0.15, -0.1) is 11.8 Å². The highest BCUT2D eigenvalue weighted by molar-refractivity contribution is 7.99. The lowest BCUT2D eigenvalue weighted by Crippen LogP contribution is -2.40. The Balaban J connectivity index is 1.69. The smallest absolute Gasteiger partial charge is 0.232 e. The van der Waals surface area contributed by atoms with Crippen molar-refractivity contribution >= 4 is 17.7 Å². The second-order valence-corrected chi connectivity index (χ2v) is 5.78. The molecule has 0 radical (unpaired) electrons. The molecule has 1 amide bonds. The number of amides is 1. The third-order valence-electron chi connectivity index (χ3n) is 3.37. The largest absolute Gasteiger partial charge is 0.342 e. The molecule has 20 heavy (non-hydrogen) atoms. The van der Waals surface area contributed by atoms with E-state index in [2.05, 4.69) is 22.2 Å². The lowest BCUT2D eigenvalue weighted by molar-refractivity contribution is -0.129. The maximum atomic E-state index is 12.1. The van der Waals surface area contributed by atoms with Gasteiger partial charge in [-0.05, 0) is 23.9 Å². The summed E-state index contributed by atoms with van der Waals surface area (Å²) in [5.41, 5.74) is 9.64. The fourth-order valence-corrected chi connectivity index (χ4v) is 3.11. The second kappa shape index (κ2) is 7.82. The Hall–Kier alpha value is -1.65. The van der Waals surface area contributed by atoms with E-state index in [0.717, 1.165) is 18.6 Å². The van der Waals surface area contributed by atoms with Crippen LogP contribution in [-0.2, 0) is 10.5 Å². The third-order valence-corrected chi connectivity index (χ3v) is 4.36. The molecule has 1 aliphatic rings. The minimum atomic E-state index is 0.0565. The van der Waals surface area contributed by atoms with Crippen LogP contribution in [0.5, 0.6) is 0 Å². The second-order valence-electron chi connectivity index (χ2n) is 4.80. The average Bonchev–Trinajstić information content (AvgIpc) is 2.49. The van der Waals surface area contributed by atoms with Crippen molar-refractivity contribution in [3.63, 3.8) is 0 Å². The summed E-state index contributed by atoms with van der Waals surface area (Å²) in [7, 11) is 0. The Bertz CT molecular complexity index is 479. The van der Waals surface area contributed by atoms with E-state index in [9.17, 15) is 4.79 Å². The molecule has 0 spiro atoms. The highest BCUT2D eigenvalue weighted by Gasteiger charge is 2.21. The summed E-state index contributed by atoms with van der Waals surface area (Å²) in [6.07, 6.45) is 1.55. The lowest BCUT2D eigenvalue weighted by atomic mass is 10.1. The lowest BCUT2D eigenvalue weighted by Gasteiger charge is -2.29. The molecule has 2 rings (SSSR count). The minimum Gasteiger partial charge on any atom is -0.342 e. The van der Waals surface area contributed by atoms with Crippen LogP contribution in [0.4, 0.5) is 0 Å². The molecule has 0 aliphatic carbocycles. The number of likely N-dealkylation sites (tertiary alicyclic amines) is 1. The zero-order valence-electron chi connectivity index (χ0n) is 11.3. The van der Waals surface area contributed by atoms with E-state index in [1.165, 1.54) is 5.56 Å². The zero-order valence-corrected chi connectivity index (χ0v) is 12.1. The van der Waals surface area contributed by atoms with Gasteiger partial charge in [0.15, 0.2) is 0 Å². The molecule has 0 bridgehead atoms. The molecule has 1 aliphatic heterocycles. The highest BCUT2D eigenvalue weighted by atomic mass is 32.2. The molecule has 0 aromatic heterocycles. The topological polar surface area (TPSA) is 69.1 Å². The van der Waals surface area contributed by atoms with E-state index in [1.807, 2.05) is 23.1 Å². The van der Waals surface area contributed by atoms with Crippen molar-refractivity contribution in [2.75, 3.05) is 18.8 Å². The van der Waals surface area contributed by atoms with E-state index in [1.54, 1.807) is 11.8 Å². The Morgan fingerprint density at radius 1 is 1.35 bits per heavy atom. The normalized spacial score (nSPS) is 15.7. The fraction of sp³-hybridized carbons (Fsp3) is 0.500. The predicted molar refractivity (Wildman–Crippen MR) is 81.4 cm³/mol. The molecule has 6 heteroatoms.